The molecule has 0 aliphatic heterocycles. The molecule has 1 rings (SSSR count). The molecule has 1 atom stereocenters. The Bertz CT molecular complexity index is 393. The molecule has 0 bridgehead atoms. The summed E-state index contributed by atoms with van der Waals surface area (Å²) in [6.45, 7) is 1.99. The molecule has 0 spiro atoms. The highest BCUT2D eigenvalue weighted by molar-refractivity contribution is 6.45. The van der Waals surface area contributed by atoms with Crippen molar-refractivity contribution in [3.63, 3.8) is 0 Å². The van der Waals surface area contributed by atoms with Crippen molar-refractivity contribution in [2.75, 3.05) is 19.7 Å². The molecule has 1 aromatic rings. The first-order chi connectivity index (χ1) is 8.45. The molecule has 18 heavy (non-hydrogen) atoms. The van der Waals surface area contributed by atoms with Crippen molar-refractivity contribution in [2.45, 2.75) is 12.9 Å². The average molecular weight is 292 g/mol. The smallest absolute Gasteiger partial charge is 0.376 e. The first-order valence-electron chi connectivity index (χ1n) is 5.61. The average Bonchev–Trinajstić information content (AvgIpc) is 2.31. The molecule has 7 heteroatoms. The van der Waals surface area contributed by atoms with Gasteiger partial charge in [0.2, 0.25) is 0 Å². The van der Waals surface area contributed by atoms with E-state index in [2.05, 4.69) is 0 Å². The fraction of sp³-hybridized carbons (Fsp3) is 0.455. The van der Waals surface area contributed by atoms with E-state index in [-0.39, 0.29) is 19.7 Å². The van der Waals surface area contributed by atoms with Gasteiger partial charge in [0, 0.05) is 13.1 Å². The van der Waals surface area contributed by atoms with E-state index in [0.29, 0.717) is 15.6 Å². The largest absolute Gasteiger partial charge is 0.437 e. The van der Waals surface area contributed by atoms with E-state index in [1.807, 2.05) is 0 Å². The lowest BCUT2D eigenvalue weighted by molar-refractivity contribution is 0.130. The highest BCUT2D eigenvalue weighted by Gasteiger charge is 2.20. The predicted molar refractivity (Wildman–Crippen MR) is 73.9 cm³/mol. The molecule has 0 radical (unpaired) electrons. The van der Waals surface area contributed by atoms with Crippen LogP contribution in [0.25, 0.3) is 0 Å². The van der Waals surface area contributed by atoms with Crippen molar-refractivity contribution < 1.29 is 15.2 Å². The van der Waals surface area contributed by atoms with E-state index < -0.39 is 13.2 Å². The van der Waals surface area contributed by atoms with Gasteiger partial charge in [-0.3, -0.25) is 0 Å². The highest BCUT2D eigenvalue weighted by Crippen LogP contribution is 2.26. The molecule has 0 unspecified atom stereocenters. The van der Waals surface area contributed by atoms with Crippen LogP contribution in [0.1, 0.15) is 11.7 Å². The van der Waals surface area contributed by atoms with Crippen molar-refractivity contribution in [3.8, 4) is 0 Å². The van der Waals surface area contributed by atoms with Crippen LogP contribution in [-0.2, 0) is 0 Å². The van der Waals surface area contributed by atoms with Gasteiger partial charge in [-0.15, -0.1) is 0 Å². The molecular formula is C11H16BCl2NO3. The van der Waals surface area contributed by atoms with Crippen molar-refractivity contribution >= 4 is 30.3 Å². The number of nitrogens with zero attached hydrogens (tertiary/aromatic N) is 1. The maximum absolute atomic E-state index is 10.0. The third-order valence-electron chi connectivity index (χ3n) is 2.65. The van der Waals surface area contributed by atoms with E-state index in [0.717, 1.165) is 0 Å². The Morgan fingerprint density at radius 3 is 2.50 bits per heavy atom. The quantitative estimate of drug-likeness (QED) is 0.694. The summed E-state index contributed by atoms with van der Waals surface area (Å²) in [4.78, 5) is 1.56. The van der Waals surface area contributed by atoms with Crippen LogP contribution < -0.4 is 0 Å². The van der Waals surface area contributed by atoms with Crippen LogP contribution in [0, 0.1) is 0 Å². The maximum Gasteiger partial charge on any atom is 0.376 e. The van der Waals surface area contributed by atoms with Crippen LogP contribution >= 0.6 is 23.2 Å². The monoisotopic (exact) mass is 291 g/mol. The summed E-state index contributed by atoms with van der Waals surface area (Å²) < 4.78 is 0. The van der Waals surface area contributed by atoms with Gasteiger partial charge in [0.1, 0.15) is 0 Å². The fourth-order valence-electron chi connectivity index (χ4n) is 1.61. The van der Waals surface area contributed by atoms with Gasteiger partial charge in [-0.2, -0.15) is 0 Å². The Labute approximate surface area is 117 Å². The van der Waals surface area contributed by atoms with E-state index in [1.54, 1.807) is 29.8 Å². The zero-order valence-corrected chi connectivity index (χ0v) is 11.6. The van der Waals surface area contributed by atoms with Gasteiger partial charge in [0.05, 0.1) is 22.8 Å². The minimum Gasteiger partial charge on any atom is -0.437 e. The minimum atomic E-state index is -0.805. The Morgan fingerprint density at radius 1 is 1.33 bits per heavy atom. The molecule has 100 valence electrons. The van der Waals surface area contributed by atoms with E-state index in [4.69, 9.17) is 28.3 Å². The SMILES string of the molecule is CB(O)N(CCO)C[C@H](O)c1ccc(Cl)c(Cl)c1. The van der Waals surface area contributed by atoms with Crippen LogP contribution in [0.2, 0.25) is 16.9 Å². The lowest BCUT2D eigenvalue weighted by atomic mass is 9.84. The molecule has 0 saturated heterocycles. The Kier molecular flexibility index (Phi) is 6.42. The Morgan fingerprint density at radius 2 is 2.00 bits per heavy atom. The summed E-state index contributed by atoms with van der Waals surface area (Å²) in [7, 11) is -0.741. The van der Waals surface area contributed by atoms with Gasteiger partial charge in [0.15, 0.2) is 0 Å². The summed E-state index contributed by atoms with van der Waals surface area (Å²) in [6, 6.07) is 4.88. The minimum absolute atomic E-state index is 0.0843. The normalized spacial score (nSPS) is 12.8. The number of aliphatic hydroxyl groups is 2. The topological polar surface area (TPSA) is 63.9 Å². The van der Waals surface area contributed by atoms with Gasteiger partial charge in [-0.25, -0.2) is 0 Å². The molecule has 0 fully saturated rings. The van der Waals surface area contributed by atoms with E-state index >= 15 is 0 Å². The molecule has 0 amide bonds. The summed E-state index contributed by atoms with van der Waals surface area (Å²) in [5.74, 6) is 0. The third-order valence-corrected chi connectivity index (χ3v) is 3.39. The van der Waals surface area contributed by atoms with Crippen LogP contribution in [0.15, 0.2) is 18.2 Å². The van der Waals surface area contributed by atoms with Crippen LogP contribution in [0.5, 0.6) is 0 Å². The highest BCUT2D eigenvalue weighted by atomic mass is 35.5. The summed E-state index contributed by atoms with van der Waals surface area (Å²) >= 11 is 11.7. The molecular weight excluding hydrogens is 276 g/mol. The van der Waals surface area contributed by atoms with Crippen LogP contribution in [-0.4, -0.2) is 46.8 Å². The third kappa shape index (κ3) is 4.42. The molecule has 0 aliphatic rings. The van der Waals surface area contributed by atoms with Gasteiger partial charge >= 0.3 is 7.05 Å². The zero-order valence-electron chi connectivity index (χ0n) is 10.1. The number of halogens is 2. The number of benzene rings is 1. The predicted octanol–water partition coefficient (Wildman–Crippen LogP) is 1.43. The molecule has 0 aliphatic carbocycles. The number of hydrogen-bond acceptors (Lipinski definition) is 4. The fourth-order valence-corrected chi connectivity index (χ4v) is 1.91. The second-order valence-corrected chi connectivity index (χ2v) is 4.85. The lowest BCUT2D eigenvalue weighted by Crippen LogP contribution is -2.41. The molecule has 0 saturated carbocycles. The van der Waals surface area contributed by atoms with Gasteiger partial charge in [-0.1, -0.05) is 29.3 Å². The van der Waals surface area contributed by atoms with Gasteiger partial charge in [0.25, 0.3) is 0 Å². The second kappa shape index (κ2) is 7.33. The maximum atomic E-state index is 10.0. The summed E-state index contributed by atoms with van der Waals surface area (Å²) in [6.07, 6.45) is -0.805. The number of aliphatic hydroxyl groups excluding tert-OH is 2. The molecule has 0 heterocycles. The standard InChI is InChI=1S/C11H16BCl2NO3/c1-12(18)15(4-5-16)7-11(17)8-2-3-9(13)10(14)6-8/h2-3,6,11,16-18H,4-5,7H2,1H3/t11-/m0/s1. The zero-order chi connectivity index (χ0) is 13.7. The summed E-state index contributed by atoms with van der Waals surface area (Å²) in [5, 5.41) is 29.2. The Balaban J connectivity index is 2.73. The second-order valence-electron chi connectivity index (χ2n) is 4.04. The Hall–Kier alpha value is -0.295. The molecule has 0 aromatic heterocycles. The van der Waals surface area contributed by atoms with Gasteiger partial charge < -0.3 is 20.0 Å². The van der Waals surface area contributed by atoms with Gasteiger partial charge in [-0.05, 0) is 24.5 Å². The van der Waals surface area contributed by atoms with E-state index in [1.165, 1.54) is 0 Å². The van der Waals surface area contributed by atoms with Crippen LogP contribution in [0.3, 0.4) is 0 Å². The van der Waals surface area contributed by atoms with Crippen LogP contribution in [0.4, 0.5) is 0 Å². The van der Waals surface area contributed by atoms with Crippen molar-refractivity contribution in [3.05, 3.63) is 33.8 Å². The first-order valence-corrected chi connectivity index (χ1v) is 6.37. The lowest BCUT2D eigenvalue weighted by Gasteiger charge is -2.25. The molecule has 4 nitrogen and oxygen atoms in total. The van der Waals surface area contributed by atoms with Crippen molar-refractivity contribution in [2.24, 2.45) is 0 Å². The number of hydrogen-bond donors (Lipinski definition) is 3. The number of rotatable bonds is 6. The van der Waals surface area contributed by atoms with Crippen molar-refractivity contribution in [1.29, 1.82) is 0 Å². The van der Waals surface area contributed by atoms with E-state index in [9.17, 15) is 10.1 Å². The summed E-state index contributed by atoms with van der Waals surface area (Å²) in [5.41, 5.74) is 0.619. The molecule has 1 aromatic carbocycles. The molecule has 3 N–H and O–H groups in total. The first kappa shape index (κ1) is 15.8. The van der Waals surface area contributed by atoms with Crippen molar-refractivity contribution in [1.82, 2.24) is 4.81 Å².